The highest BCUT2D eigenvalue weighted by Gasteiger charge is 2.25. The Balaban J connectivity index is 1.37. The molecule has 4 aromatic rings. The fourth-order valence-electron chi connectivity index (χ4n) is 4.54. The molecule has 0 aliphatic carbocycles. The van der Waals surface area contributed by atoms with Gasteiger partial charge in [0.2, 0.25) is 0 Å². The van der Waals surface area contributed by atoms with Crippen molar-refractivity contribution < 1.29 is 28.5 Å². The molecule has 0 saturated carbocycles. The molecule has 0 radical (unpaired) electrons. The zero-order valence-electron chi connectivity index (χ0n) is 23.7. The Hall–Kier alpha value is -4.58. The summed E-state index contributed by atoms with van der Waals surface area (Å²) in [4.78, 5) is 23.8. The summed E-state index contributed by atoms with van der Waals surface area (Å²) in [5.41, 5.74) is 5.04. The largest absolute Gasteiger partial charge is 0.519 e. The first kappa shape index (κ1) is 28.4. The van der Waals surface area contributed by atoms with Crippen molar-refractivity contribution in [2.24, 2.45) is 0 Å². The third-order valence-corrected chi connectivity index (χ3v) is 7.24. The van der Waals surface area contributed by atoms with Crippen molar-refractivity contribution in [3.63, 3.8) is 0 Å². The number of carbonyl (C=O) groups excluding carboxylic acids is 2. The minimum absolute atomic E-state index is 0.195. The molecule has 0 fully saturated rings. The van der Waals surface area contributed by atoms with Gasteiger partial charge >= 0.3 is 12.3 Å². The first-order chi connectivity index (χ1) is 19.0. The molecule has 0 spiro atoms. The van der Waals surface area contributed by atoms with Crippen LogP contribution in [0, 0.1) is 6.92 Å². The van der Waals surface area contributed by atoms with Gasteiger partial charge in [-0.1, -0.05) is 93.9 Å². The Morgan fingerprint density at radius 2 is 0.900 bits per heavy atom. The number of benzene rings is 4. The standard InChI is InChI=1S/C34H34O6/c1-23-8-7-9-27(22-23)34(4,5)26-14-20-30(21-15-26)40-32(36)39-29-18-12-25(13-19-29)33(2,3)24-10-16-28(17-11-24)38-31(35)37-6/h7-22H,1-6H3. The molecule has 0 amide bonds. The van der Waals surface area contributed by atoms with E-state index >= 15 is 0 Å². The van der Waals surface area contributed by atoms with Crippen molar-refractivity contribution in [1.29, 1.82) is 0 Å². The van der Waals surface area contributed by atoms with Crippen LogP contribution in [0.2, 0.25) is 0 Å². The van der Waals surface area contributed by atoms with E-state index in [-0.39, 0.29) is 10.8 Å². The van der Waals surface area contributed by atoms with E-state index in [1.165, 1.54) is 18.2 Å². The van der Waals surface area contributed by atoms with Crippen molar-refractivity contribution in [2.75, 3.05) is 7.11 Å². The van der Waals surface area contributed by atoms with E-state index in [1.807, 2.05) is 36.4 Å². The van der Waals surface area contributed by atoms with Gasteiger partial charge in [-0.3, -0.25) is 0 Å². The average molecular weight is 539 g/mol. The molecule has 0 aromatic heterocycles. The Kier molecular flexibility index (Phi) is 8.29. The van der Waals surface area contributed by atoms with Gasteiger partial charge < -0.3 is 18.9 Å². The second-order valence-corrected chi connectivity index (χ2v) is 10.7. The highest BCUT2D eigenvalue weighted by molar-refractivity contribution is 5.67. The van der Waals surface area contributed by atoms with Gasteiger partial charge in [-0.2, -0.15) is 0 Å². The number of methoxy groups -OCH3 is 1. The van der Waals surface area contributed by atoms with Crippen LogP contribution in [0.5, 0.6) is 17.2 Å². The van der Waals surface area contributed by atoms with E-state index in [0.29, 0.717) is 17.2 Å². The van der Waals surface area contributed by atoms with Gasteiger partial charge in [0.25, 0.3) is 0 Å². The molecule has 6 nitrogen and oxygen atoms in total. The van der Waals surface area contributed by atoms with Crippen molar-refractivity contribution in [1.82, 2.24) is 0 Å². The Morgan fingerprint density at radius 1 is 0.525 bits per heavy atom. The van der Waals surface area contributed by atoms with E-state index in [2.05, 4.69) is 63.6 Å². The van der Waals surface area contributed by atoms with Crippen LogP contribution >= 0.6 is 0 Å². The fourth-order valence-corrected chi connectivity index (χ4v) is 4.54. The maximum atomic E-state index is 12.5. The zero-order valence-corrected chi connectivity index (χ0v) is 23.7. The van der Waals surface area contributed by atoms with Crippen LogP contribution in [0.4, 0.5) is 9.59 Å². The van der Waals surface area contributed by atoms with Crippen LogP contribution in [0.25, 0.3) is 0 Å². The smallest absolute Gasteiger partial charge is 0.437 e. The lowest BCUT2D eigenvalue weighted by Gasteiger charge is -2.26. The Morgan fingerprint density at radius 3 is 1.27 bits per heavy atom. The van der Waals surface area contributed by atoms with E-state index in [0.717, 1.165) is 16.7 Å². The summed E-state index contributed by atoms with van der Waals surface area (Å²) < 4.78 is 20.4. The number of carbonyl (C=O) groups is 2. The summed E-state index contributed by atoms with van der Waals surface area (Å²) in [6.45, 7) is 10.6. The second kappa shape index (κ2) is 11.7. The topological polar surface area (TPSA) is 71.1 Å². The summed E-state index contributed by atoms with van der Waals surface area (Å²) in [7, 11) is 1.26. The van der Waals surface area contributed by atoms with E-state index in [1.54, 1.807) is 36.4 Å². The summed E-state index contributed by atoms with van der Waals surface area (Å²) in [5.74, 6) is 1.19. The number of hydrogen-bond donors (Lipinski definition) is 0. The van der Waals surface area contributed by atoms with Gasteiger partial charge in [0.05, 0.1) is 7.11 Å². The highest BCUT2D eigenvalue weighted by atomic mass is 16.7. The van der Waals surface area contributed by atoms with Crippen LogP contribution in [0.3, 0.4) is 0 Å². The Labute approximate surface area is 235 Å². The third kappa shape index (κ3) is 6.52. The first-order valence-corrected chi connectivity index (χ1v) is 13.0. The SMILES string of the molecule is COC(=O)Oc1ccc(C(C)(C)c2ccc(OC(=O)Oc3ccc(C(C)(C)c4cccc(C)c4)cc3)cc2)cc1. The molecule has 0 saturated heterocycles. The van der Waals surface area contributed by atoms with Crippen molar-refractivity contribution in [3.05, 3.63) is 125 Å². The minimum atomic E-state index is -0.807. The summed E-state index contributed by atoms with van der Waals surface area (Å²) >= 11 is 0. The maximum absolute atomic E-state index is 12.5. The van der Waals surface area contributed by atoms with Crippen LogP contribution in [-0.4, -0.2) is 19.4 Å². The van der Waals surface area contributed by atoms with E-state index in [9.17, 15) is 9.59 Å². The quantitative estimate of drug-likeness (QED) is 0.174. The van der Waals surface area contributed by atoms with Crippen molar-refractivity contribution in [2.45, 2.75) is 45.4 Å². The van der Waals surface area contributed by atoms with Gasteiger partial charge in [-0.05, 0) is 65.6 Å². The van der Waals surface area contributed by atoms with Gasteiger partial charge in [0, 0.05) is 10.8 Å². The lowest BCUT2D eigenvalue weighted by Crippen LogP contribution is -2.19. The third-order valence-electron chi connectivity index (χ3n) is 7.24. The first-order valence-electron chi connectivity index (χ1n) is 13.0. The molecule has 0 heterocycles. The van der Waals surface area contributed by atoms with Crippen LogP contribution in [-0.2, 0) is 15.6 Å². The molecule has 0 bridgehead atoms. The normalized spacial score (nSPS) is 11.4. The number of hydrogen-bond acceptors (Lipinski definition) is 6. The molecule has 4 rings (SSSR count). The molecular weight excluding hydrogens is 504 g/mol. The van der Waals surface area contributed by atoms with Crippen LogP contribution < -0.4 is 14.2 Å². The maximum Gasteiger partial charge on any atom is 0.519 e. The van der Waals surface area contributed by atoms with Crippen molar-refractivity contribution >= 4 is 12.3 Å². The van der Waals surface area contributed by atoms with E-state index in [4.69, 9.17) is 14.2 Å². The predicted molar refractivity (Wildman–Crippen MR) is 154 cm³/mol. The summed E-state index contributed by atoms with van der Waals surface area (Å²) in [6, 6.07) is 30.5. The minimum Gasteiger partial charge on any atom is -0.437 e. The second-order valence-electron chi connectivity index (χ2n) is 10.7. The lowest BCUT2D eigenvalue weighted by atomic mass is 9.78. The fraction of sp³-hybridized carbons (Fsp3) is 0.235. The van der Waals surface area contributed by atoms with Crippen LogP contribution in [0.15, 0.2) is 97.1 Å². The number of ether oxygens (including phenoxy) is 4. The average Bonchev–Trinajstić information content (AvgIpc) is 2.94. The van der Waals surface area contributed by atoms with Gasteiger partial charge in [0.1, 0.15) is 17.2 Å². The molecule has 40 heavy (non-hydrogen) atoms. The number of aryl methyl sites for hydroxylation is 1. The molecule has 0 atom stereocenters. The molecule has 0 unspecified atom stereocenters. The molecule has 0 aliphatic rings. The number of rotatable bonds is 7. The van der Waals surface area contributed by atoms with Gasteiger partial charge in [-0.15, -0.1) is 0 Å². The van der Waals surface area contributed by atoms with E-state index < -0.39 is 12.3 Å². The predicted octanol–water partition coefficient (Wildman–Crippen LogP) is 8.37. The van der Waals surface area contributed by atoms with Crippen molar-refractivity contribution in [3.8, 4) is 17.2 Å². The molecule has 206 valence electrons. The van der Waals surface area contributed by atoms with Gasteiger partial charge in [-0.25, -0.2) is 9.59 Å². The molecule has 6 heteroatoms. The zero-order chi connectivity index (χ0) is 28.9. The molecule has 0 aliphatic heterocycles. The summed E-state index contributed by atoms with van der Waals surface area (Å²) in [6.07, 6.45) is -1.57. The highest BCUT2D eigenvalue weighted by Crippen LogP contribution is 2.34. The molecule has 0 N–H and O–H groups in total. The Bertz CT molecular complexity index is 1470. The summed E-state index contributed by atoms with van der Waals surface area (Å²) in [5, 5.41) is 0. The lowest BCUT2D eigenvalue weighted by molar-refractivity contribution is 0.121. The molecule has 4 aromatic carbocycles. The van der Waals surface area contributed by atoms with Crippen LogP contribution in [0.1, 0.15) is 55.5 Å². The monoisotopic (exact) mass is 538 g/mol. The molecular formula is C34H34O6. The van der Waals surface area contributed by atoms with Gasteiger partial charge in [0.15, 0.2) is 0 Å².